The zero-order chi connectivity index (χ0) is 23.4. The van der Waals surface area contributed by atoms with E-state index in [9.17, 15) is 9.59 Å². The van der Waals surface area contributed by atoms with Crippen molar-refractivity contribution < 1.29 is 14.3 Å². The minimum atomic E-state index is -0.482. The number of anilines is 1. The highest BCUT2D eigenvalue weighted by Crippen LogP contribution is 2.36. The van der Waals surface area contributed by atoms with Crippen LogP contribution in [-0.2, 0) is 11.3 Å². The molecule has 3 heterocycles. The van der Waals surface area contributed by atoms with Gasteiger partial charge in [-0.1, -0.05) is 32.0 Å². The standard InChI is InChI=1S/C25H30N4O3S/c1-4-29(5-2)19-13-14-28(16-19)15-18-11-12-20-21(22(25(31)32-3)33-24(20)26-18)27-23(30)17-9-7-6-8-10-17/h6-12,19H,4-5,13-16H2,1-3H3,(H,27,30). The van der Waals surface area contributed by atoms with Crippen LogP contribution in [0.1, 0.15) is 46.0 Å². The average Bonchev–Trinajstić information content (AvgIpc) is 3.44. The van der Waals surface area contributed by atoms with E-state index in [0.29, 0.717) is 22.2 Å². The Balaban J connectivity index is 1.57. The summed E-state index contributed by atoms with van der Waals surface area (Å²) in [6, 6.07) is 13.5. The Morgan fingerprint density at radius 1 is 1.18 bits per heavy atom. The van der Waals surface area contributed by atoms with Crippen LogP contribution in [0.3, 0.4) is 0 Å². The van der Waals surface area contributed by atoms with Crippen LogP contribution in [0.5, 0.6) is 0 Å². The Morgan fingerprint density at radius 2 is 1.94 bits per heavy atom. The zero-order valence-electron chi connectivity index (χ0n) is 19.3. The Morgan fingerprint density at radius 3 is 2.64 bits per heavy atom. The van der Waals surface area contributed by atoms with Crippen molar-refractivity contribution >= 4 is 39.1 Å². The summed E-state index contributed by atoms with van der Waals surface area (Å²) in [6.45, 7) is 9.43. The summed E-state index contributed by atoms with van der Waals surface area (Å²) in [7, 11) is 1.34. The molecule has 2 aromatic heterocycles. The maximum absolute atomic E-state index is 12.8. The highest BCUT2D eigenvalue weighted by Gasteiger charge is 2.27. The molecule has 1 fully saturated rings. The number of thiophene rings is 1. The van der Waals surface area contributed by atoms with Gasteiger partial charge in [-0.05, 0) is 43.8 Å². The number of fused-ring (bicyclic) bond motifs is 1. The zero-order valence-corrected chi connectivity index (χ0v) is 20.2. The monoisotopic (exact) mass is 466 g/mol. The van der Waals surface area contributed by atoms with Crippen LogP contribution in [0.15, 0.2) is 42.5 Å². The summed E-state index contributed by atoms with van der Waals surface area (Å²) < 4.78 is 4.97. The molecule has 1 aliphatic heterocycles. The third-order valence-electron chi connectivity index (χ3n) is 6.22. The van der Waals surface area contributed by atoms with Gasteiger partial charge in [-0.3, -0.25) is 14.6 Å². The topological polar surface area (TPSA) is 74.8 Å². The van der Waals surface area contributed by atoms with Crippen molar-refractivity contribution in [2.24, 2.45) is 0 Å². The molecule has 0 bridgehead atoms. The van der Waals surface area contributed by atoms with Crippen molar-refractivity contribution in [3.63, 3.8) is 0 Å². The smallest absolute Gasteiger partial charge is 0.350 e. The molecule has 8 heteroatoms. The number of methoxy groups -OCH3 is 1. The summed E-state index contributed by atoms with van der Waals surface area (Å²) in [5, 5.41) is 3.65. The number of pyridine rings is 1. The third-order valence-corrected chi connectivity index (χ3v) is 7.30. The number of aromatic nitrogens is 1. The molecule has 0 radical (unpaired) electrons. The lowest BCUT2D eigenvalue weighted by Gasteiger charge is -2.26. The number of nitrogens with one attached hydrogen (secondary N) is 1. The Bertz CT molecular complexity index is 1130. The van der Waals surface area contributed by atoms with Crippen LogP contribution in [0, 0.1) is 0 Å². The van der Waals surface area contributed by atoms with Gasteiger partial charge >= 0.3 is 5.97 Å². The number of benzene rings is 1. The van der Waals surface area contributed by atoms with Crippen molar-refractivity contribution in [3.05, 3.63) is 58.6 Å². The van der Waals surface area contributed by atoms with Crippen molar-refractivity contribution in [2.45, 2.75) is 32.9 Å². The fourth-order valence-electron chi connectivity index (χ4n) is 4.46. The van der Waals surface area contributed by atoms with Gasteiger partial charge in [-0.25, -0.2) is 9.78 Å². The van der Waals surface area contributed by atoms with Crippen LogP contribution in [-0.4, -0.2) is 66.0 Å². The van der Waals surface area contributed by atoms with Crippen LogP contribution in [0.4, 0.5) is 5.69 Å². The molecule has 33 heavy (non-hydrogen) atoms. The summed E-state index contributed by atoms with van der Waals surface area (Å²) in [6.07, 6.45) is 1.17. The Kier molecular flexibility index (Phi) is 7.37. The van der Waals surface area contributed by atoms with Gasteiger partial charge in [0.1, 0.15) is 9.71 Å². The van der Waals surface area contributed by atoms with E-state index in [1.807, 2.05) is 18.2 Å². The lowest BCUT2D eigenvalue weighted by atomic mass is 10.2. The van der Waals surface area contributed by atoms with Gasteiger partial charge < -0.3 is 10.1 Å². The van der Waals surface area contributed by atoms with E-state index in [-0.39, 0.29) is 5.91 Å². The van der Waals surface area contributed by atoms with Gasteiger partial charge in [0.2, 0.25) is 0 Å². The number of hydrogen-bond donors (Lipinski definition) is 1. The third kappa shape index (κ3) is 5.08. The van der Waals surface area contributed by atoms with E-state index in [2.05, 4.69) is 29.0 Å². The Hall–Kier alpha value is -2.81. The number of hydrogen-bond acceptors (Lipinski definition) is 7. The molecular weight excluding hydrogens is 436 g/mol. The fourth-order valence-corrected chi connectivity index (χ4v) is 5.53. The van der Waals surface area contributed by atoms with Crippen LogP contribution in [0.2, 0.25) is 0 Å². The van der Waals surface area contributed by atoms with E-state index in [1.54, 1.807) is 24.3 Å². The van der Waals surface area contributed by atoms with E-state index in [0.717, 1.165) is 48.6 Å². The number of likely N-dealkylation sites (tertiary alicyclic amines) is 1. The van der Waals surface area contributed by atoms with Crippen molar-refractivity contribution in [1.29, 1.82) is 0 Å². The SMILES string of the molecule is CCN(CC)C1CCN(Cc2ccc3c(NC(=O)c4ccccc4)c(C(=O)OC)sc3n2)C1. The number of amides is 1. The first-order chi connectivity index (χ1) is 16.0. The molecule has 1 saturated heterocycles. The normalized spacial score (nSPS) is 16.4. The lowest BCUT2D eigenvalue weighted by molar-refractivity contribution is 0.0607. The maximum Gasteiger partial charge on any atom is 0.350 e. The largest absolute Gasteiger partial charge is 0.465 e. The van der Waals surface area contributed by atoms with E-state index >= 15 is 0 Å². The molecule has 1 N–H and O–H groups in total. The van der Waals surface area contributed by atoms with Gasteiger partial charge in [0.15, 0.2) is 0 Å². The molecule has 7 nitrogen and oxygen atoms in total. The summed E-state index contributed by atoms with van der Waals surface area (Å²) in [5.41, 5.74) is 1.94. The van der Waals surface area contributed by atoms with Gasteiger partial charge in [0.05, 0.1) is 18.5 Å². The number of nitrogens with zero attached hydrogens (tertiary/aromatic N) is 3. The van der Waals surface area contributed by atoms with Crippen LogP contribution in [0.25, 0.3) is 10.2 Å². The number of rotatable bonds is 8. The molecule has 4 rings (SSSR count). The first kappa shape index (κ1) is 23.4. The molecule has 1 atom stereocenters. The number of likely N-dealkylation sites (N-methyl/N-ethyl adjacent to an activating group) is 1. The van der Waals surface area contributed by atoms with Crippen LogP contribution < -0.4 is 5.32 Å². The average molecular weight is 467 g/mol. The maximum atomic E-state index is 12.8. The van der Waals surface area contributed by atoms with E-state index in [4.69, 9.17) is 9.72 Å². The second-order valence-electron chi connectivity index (χ2n) is 8.17. The molecule has 1 aromatic carbocycles. The van der Waals surface area contributed by atoms with E-state index in [1.165, 1.54) is 24.9 Å². The number of carbonyl (C=O) groups is 2. The highest BCUT2D eigenvalue weighted by molar-refractivity contribution is 7.21. The molecule has 3 aromatic rings. The fraction of sp³-hybridized carbons (Fsp3) is 0.400. The molecule has 1 amide bonds. The molecule has 0 aliphatic carbocycles. The minimum Gasteiger partial charge on any atom is -0.465 e. The molecule has 1 aliphatic rings. The van der Waals surface area contributed by atoms with Crippen molar-refractivity contribution in [2.75, 3.05) is 38.6 Å². The first-order valence-electron chi connectivity index (χ1n) is 11.4. The number of esters is 1. The van der Waals surface area contributed by atoms with Gasteiger partial charge in [0.25, 0.3) is 5.91 Å². The predicted molar refractivity (Wildman–Crippen MR) is 132 cm³/mol. The lowest BCUT2D eigenvalue weighted by Crippen LogP contribution is -2.37. The molecular formula is C25H30N4O3S. The first-order valence-corrected chi connectivity index (χ1v) is 12.2. The molecule has 0 spiro atoms. The second-order valence-corrected chi connectivity index (χ2v) is 9.17. The quantitative estimate of drug-likeness (QED) is 0.500. The number of carbonyl (C=O) groups excluding carboxylic acids is 2. The number of ether oxygens (including phenoxy) is 1. The molecule has 0 saturated carbocycles. The minimum absolute atomic E-state index is 0.274. The van der Waals surface area contributed by atoms with Crippen molar-refractivity contribution in [1.82, 2.24) is 14.8 Å². The van der Waals surface area contributed by atoms with Crippen LogP contribution >= 0.6 is 11.3 Å². The van der Waals surface area contributed by atoms with E-state index < -0.39 is 5.97 Å². The highest BCUT2D eigenvalue weighted by atomic mass is 32.1. The van der Waals surface area contributed by atoms with Gasteiger partial charge in [0, 0.05) is 36.6 Å². The van der Waals surface area contributed by atoms with Gasteiger partial charge in [-0.2, -0.15) is 0 Å². The Labute approximate surface area is 198 Å². The molecule has 174 valence electrons. The second kappa shape index (κ2) is 10.4. The summed E-state index contributed by atoms with van der Waals surface area (Å²) >= 11 is 1.25. The summed E-state index contributed by atoms with van der Waals surface area (Å²) in [4.78, 5) is 36.0. The van der Waals surface area contributed by atoms with Crippen molar-refractivity contribution in [3.8, 4) is 0 Å². The molecule has 1 unspecified atom stereocenters. The summed E-state index contributed by atoms with van der Waals surface area (Å²) in [5.74, 6) is -0.756. The van der Waals surface area contributed by atoms with Gasteiger partial charge in [-0.15, -0.1) is 11.3 Å². The predicted octanol–water partition coefficient (Wildman–Crippen LogP) is 4.25.